The van der Waals surface area contributed by atoms with E-state index in [-0.39, 0.29) is 27.3 Å². The molecule has 0 bridgehead atoms. The molecule has 1 heterocycles. The zero-order valence-corrected chi connectivity index (χ0v) is 14.3. The average molecular weight is 381 g/mol. The summed E-state index contributed by atoms with van der Waals surface area (Å²) >= 11 is 0. The van der Waals surface area contributed by atoms with E-state index in [1.807, 2.05) is 5.10 Å². The lowest BCUT2D eigenvalue weighted by molar-refractivity contribution is -0.140. The highest BCUT2D eigenvalue weighted by Gasteiger charge is 2.38. The molecule has 0 aliphatic heterocycles. The van der Waals surface area contributed by atoms with Gasteiger partial charge < -0.3 is 0 Å². The SMILES string of the molecule is Cc1cccc(-c2c(-c3ccccc3S(N)(=O)=O)n[nH]c2C(F)(F)F)c1. The van der Waals surface area contributed by atoms with Crippen LogP contribution >= 0.6 is 0 Å². The molecule has 0 unspecified atom stereocenters. The lowest BCUT2D eigenvalue weighted by Crippen LogP contribution is -2.13. The third-order valence-corrected chi connectivity index (χ3v) is 4.77. The van der Waals surface area contributed by atoms with Crippen molar-refractivity contribution in [3.8, 4) is 22.4 Å². The number of sulfonamides is 1. The van der Waals surface area contributed by atoms with Gasteiger partial charge in [0.05, 0.1) is 4.90 Å². The van der Waals surface area contributed by atoms with Gasteiger partial charge in [-0.25, -0.2) is 13.6 Å². The fourth-order valence-electron chi connectivity index (χ4n) is 2.73. The molecule has 0 fully saturated rings. The van der Waals surface area contributed by atoms with Gasteiger partial charge in [0.2, 0.25) is 10.0 Å². The average Bonchev–Trinajstić information content (AvgIpc) is 2.99. The normalized spacial score (nSPS) is 12.3. The molecule has 136 valence electrons. The van der Waals surface area contributed by atoms with Gasteiger partial charge >= 0.3 is 6.18 Å². The quantitative estimate of drug-likeness (QED) is 0.725. The van der Waals surface area contributed by atoms with Crippen LogP contribution in [0, 0.1) is 6.92 Å². The van der Waals surface area contributed by atoms with Gasteiger partial charge in [0, 0.05) is 11.1 Å². The van der Waals surface area contributed by atoms with Crippen LogP contribution in [-0.4, -0.2) is 18.6 Å². The molecule has 2 aromatic carbocycles. The summed E-state index contributed by atoms with van der Waals surface area (Å²) in [5.41, 5.74) is -0.391. The molecule has 0 saturated heterocycles. The van der Waals surface area contributed by atoms with Gasteiger partial charge in [-0.15, -0.1) is 0 Å². The second kappa shape index (κ2) is 6.26. The number of primary sulfonamides is 1. The number of hydrogen-bond donors (Lipinski definition) is 2. The number of hydrogen-bond acceptors (Lipinski definition) is 3. The topological polar surface area (TPSA) is 88.8 Å². The van der Waals surface area contributed by atoms with Crippen LogP contribution in [0.15, 0.2) is 53.4 Å². The highest BCUT2D eigenvalue weighted by molar-refractivity contribution is 7.89. The molecule has 0 aliphatic carbocycles. The van der Waals surface area contributed by atoms with Gasteiger partial charge in [0.15, 0.2) is 0 Å². The predicted octanol–water partition coefficient (Wildman–Crippen LogP) is 3.72. The van der Waals surface area contributed by atoms with Crippen LogP contribution in [0.25, 0.3) is 22.4 Å². The van der Waals surface area contributed by atoms with Crippen molar-refractivity contribution < 1.29 is 21.6 Å². The second-order valence-electron chi connectivity index (χ2n) is 5.73. The Hall–Kier alpha value is -2.65. The molecule has 1 aromatic heterocycles. The van der Waals surface area contributed by atoms with Gasteiger partial charge in [-0.3, -0.25) is 5.10 Å². The van der Waals surface area contributed by atoms with Crippen molar-refractivity contribution >= 4 is 10.0 Å². The molecular formula is C17H14F3N3O2S. The van der Waals surface area contributed by atoms with Gasteiger partial charge in [-0.1, -0.05) is 48.0 Å². The first-order valence-electron chi connectivity index (χ1n) is 7.44. The maximum absolute atomic E-state index is 13.5. The van der Waals surface area contributed by atoms with Crippen molar-refractivity contribution in [2.24, 2.45) is 5.14 Å². The van der Waals surface area contributed by atoms with Gasteiger partial charge in [0.25, 0.3) is 0 Å². The monoisotopic (exact) mass is 381 g/mol. The molecule has 9 heteroatoms. The lowest BCUT2D eigenvalue weighted by Gasteiger charge is -2.11. The first kappa shape index (κ1) is 18.2. The van der Waals surface area contributed by atoms with Crippen LogP contribution in [0.5, 0.6) is 0 Å². The molecule has 0 amide bonds. The Morgan fingerprint density at radius 2 is 1.77 bits per heavy atom. The van der Waals surface area contributed by atoms with Crippen molar-refractivity contribution in [3.05, 3.63) is 59.8 Å². The number of aryl methyl sites for hydroxylation is 1. The molecule has 0 radical (unpaired) electrons. The summed E-state index contributed by atoms with van der Waals surface area (Å²) in [5.74, 6) is 0. The van der Waals surface area contributed by atoms with Gasteiger partial charge in [0.1, 0.15) is 11.4 Å². The summed E-state index contributed by atoms with van der Waals surface area (Å²) in [6.07, 6.45) is -4.69. The van der Waals surface area contributed by atoms with E-state index in [2.05, 4.69) is 5.10 Å². The van der Waals surface area contributed by atoms with Crippen molar-refractivity contribution in [1.29, 1.82) is 0 Å². The van der Waals surface area contributed by atoms with E-state index in [9.17, 15) is 21.6 Å². The minimum Gasteiger partial charge on any atom is -0.272 e. The fraction of sp³-hybridized carbons (Fsp3) is 0.118. The highest BCUT2D eigenvalue weighted by Crippen LogP contribution is 2.42. The molecule has 0 atom stereocenters. The minimum absolute atomic E-state index is 0.00161. The van der Waals surface area contributed by atoms with E-state index < -0.39 is 21.9 Å². The Morgan fingerprint density at radius 1 is 1.08 bits per heavy atom. The number of aromatic amines is 1. The largest absolute Gasteiger partial charge is 0.433 e. The number of rotatable bonds is 3. The number of nitrogens with zero attached hydrogens (tertiary/aromatic N) is 1. The maximum atomic E-state index is 13.5. The number of H-pyrrole nitrogens is 1. The zero-order valence-electron chi connectivity index (χ0n) is 13.5. The number of nitrogens with two attached hydrogens (primary N) is 1. The molecule has 0 aliphatic rings. The van der Waals surface area contributed by atoms with Crippen molar-refractivity contribution in [2.75, 3.05) is 0 Å². The van der Waals surface area contributed by atoms with Crippen LogP contribution in [0.1, 0.15) is 11.3 Å². The van der Waals surface area contributed by atoms with Crippen LogP contribution in [0.3, 0.4) is 0 Å². The van der Waals surface area contributed by atoms with Crippen LogP contribution in [0.4, 0.5) is 13.2 Å². The van der Waals surface area contributed by atoms with Crippen molar-refractivity contribution in [3.63, 3.8) is 0 Å². The summed E-state index contributed by atoms with van der Waals surface area (Å²) in [6, 6.07) is 12.0. The Labute approximate surface area is 147 Å². The Morgan fingerprint density at radius 3 is 2.38 bits per heavy atom. The van der Waals surface area contributed by atoms with Crippen LogP contribution in [0.2, 0.25) is 0 Å². The van der Waals surface area contributed by atoms with Crippen LogP contribution < -0.4 is 5.14 Å². The fourth-order valence-corrected chi connectivity index (χ4v) is 3.47. The predicted molar refractivity (Wildman–Crippen MR) is 90.6 cm³/mol. The Bertz CT molecular complexity index is 1070. The summed E-state index contributed by atoms with van der Waals surface area (Å²) in [4.78, 5) is -0.297. The Balaban J connectivity index is 2.37. The molecule has 5 nitrogen and oxygen atoms in total. The third kappa shape index (κ3) is 3.35. The number of alkyl halides is 3. The summed E-state index contributed by atoms with van der Waals surface area (Å²) < 4.78 is 64.2. The number of nitrogens with one attached hydrogen (secondary N) is 1. The maximum Gasteiger partial charge on any atom is 0.433 e. The highest BCUT2D eigenvalue weighted by atomic mass is 32.2. The number of aromatic nitrogens is 2. The van der Waals surface area contributed by atoms with Gasteiger partial charge in [-0.2, -0.15) is 18.3 Å². The number of benzene rings is 2. The van der Waals surface area contributed by atoms with E-state index >= 15 is 0 Å². The third-order valence-electron chi connectivity index (χ3n) is 3.81. The second-order valence-corrected chi connectivity index (χ2v) is 7.26. The molecule has 0 spiro atoms. The first-order chi connectivity index (χ1) is 12.1. The van der Waals surface area contributed by atoms with E-state index in [1.165, 1.54) is 30.3 Å². The Kier molecular flexibility index (Phi) is 4.37. The molecule has 3 rings (SSSR count). The van der Waals surface area contributed by atoms with Gasteiger partial charge in [-0.05, 0) is 18.6 Å². The molecule has 3 N–H and O–H groups in total. The smallest absolute Gasteiger partial charge is 0.272 e. The molecular weight excluding hydrogens is 367 g/mol. The standard InChI is InChI=1S/C17H14F3N3O2S/c1-10-5-4-6-11(9-10)14-15(22-23-16(14)17(18,19)20)12-7-2-3-8-13(12)26(21,24)25/h2-9H,1H3,(H,22,23)(H2,21,24,25). The summed E-state index contributed by atoms with van der Waals surface area (Å²) in [7, 11) is -4.15. The number of halogens is 3. The van der Waals surface area contributed by atoms with E-state index in [4.69, 9.17) is 5.14 Å². The van der Waals surface area contributed by atoms with Crippen molar-refractivity contribution in [1.82, 2.24) is 10.2 Å². The summed E-state index contributed by atoms with van der Waals surface area (Å²) in [5, 5.41) is 11.0. The van der Waals surface area contributed by atoms with E-state index in [0.717, 1.165) is 5.56 Å². The minimum atomic E-state index is -4.69. The first-order valence-corrected chi connectivity index (χ1v) is 8.98. The lowest BCUT2D eigenvalue weighted by atomic mass is 9.97. The molecule has 26 heavy (non-hydrogen) atoms. The van der Waals surface area contributed by atoms with E-state index in [1.54, 1.807) is 25.1 Å². The van der Waals surface area contributed by atoms with Crippen molar-refractivity contribution in [2.45, 2.75) is 18.0 Å². The molecule has 0 saturated carbocycles. The van der Waals surface area contributed by atoms with E-state index in [0.29, 0.717) is 0 Å². The zero-order chi connectivity index (χ0) is 19.1. The summed E-state index contributed by atoms with van der Waals surface area (Å²) in [6.45, 7) is 1.74. The van der Waals surface area contributed by atoms with Crippen LogP contribution in [-0.2, 0) is 16.2 Å². The molecule has 3 aromatic rings.